The molecule has 12 heteroatoms. The Balaban J connectivity index is 0.00000353. The zero-order valence-corrected chi connectivity index (χ0v) is 21.5. The first-order valence-corrected chi connectivity index (χ1v) is 11.9. The first-order chi connectivity index (χ1) is 18.2. The zero-order chi connectivity index (χ0) is 26.9. The number of hydrogen-bond acceptors (Lipinski definition) is 5. The Bertz CT molecular complexity index is 1450. The van der Waals surface area contributed by atoms with Crippen molar-refractivity contribution in [2.75, 3.05) is 29.9 Å². The van der Waals surface area contributed by atoms with Crippen molar-refractivity contribution in [1.82, 2.24) is 15.1 Å². The number of benzene rings is 3. The molecule has 7 nitrogen and oxygen atoms in total. The van der Waals surface area contributed by atoms with Gasteiger partial charge in [0.25, 0.3) is 0 Å². The number of halogens is 5. The molecule has 1 N–H and O–H groups in total. The molecule has 1 fully saturated rings. The molecule has 204 valence electrons. The Labute approximate surface area is 227 Å². The van der Waals surface area contributed by atoms with Crippen LogP contribution in [0.2, 0.25) is 0 Å². The third-order valence-electron chi connectivity index (χ3n) is 6.31. The Hall–Kier alpha value is -4.12. The topological polar surface area (TPSA) is 70.6 Å². The fourth-order valence-electron chi connectivity index (χ4n) is 4.52. The van der Waals surface area contributed by atoms with Gasteiger partial charge in [-0.15, -0.1) is 35.8 Å². The maximum absolute atomic E-state index is 13.4. The maximum atomic E-state index is 13.4. The molecule has 39 heavy (non-hydrogen) atoms. The fraction of sp³-hybridized carbons (Fsp3) is 0.222. The molecular formula is C27H24ClF4N5O2. The number of amides is 2. The fourth-order valence-corrected chi connectivity index (χ4v) is 4.52. The highest BCUT2D eigenvalue weighted by Gasteiger charge is 2.31. The molecule has 0 radical (unpaired) electrons. The molecule has 1 aliphatic rings. The highest BCUT2D eigenvalue weighted by molar-refractivity contribution is 6.00. The highest BCUT2D eigenvalue weighted by Crippen LogP contribution is 2.33. The average Bonchev–Trinajstić information content (AvgIpc) is 2.89. The van der Waals surface area contributed by atoms with Crippen LogP contribution in [0.5, 0.6) is 5.75 Å². The van der Waals surface area contributed by atoms with E-state index in [9.17, 15) is 22.4 Å². The number of rotatable bonds is 4. The lowest BCUT2D eigenvalue weighted by atomic mass is 10.0. The first-order valence-electron chi connectivity index (χ1n) is 11.9. The average molecular weight is 562 g/mol. The van der Waals surface area contributed by atoms with E-state index < -0.39 is 6.36 Å². The van der Waals surface area contributed by atoms with Crippen molar-refractivity contribution in [3.8, 4) is 17.0 Å². The van der Waals surface area contributed by atoms with Crippen molar-refractivity contribution in [3.05, 3.63) is 78.6 Å². The monoisotopic (exact) mass is 561 g/mol. The SMILES string of the molecule is C[C@@H]1CN(C(=O)Nc2ccc(OC(F)(F)F)cc2)CCN1c1nnc(-c2ccc(F)cc2)c2ccccc12.Cl. The van der Waals surface area contributed by atoms with Crippen LogP contribution < -0.4 is 15.0 Å². The highest BCUT2D eigenvalue weighted by atomic mass is 35.5. The largest absolute Gasteiger partial charge is 0.573 e. The molecule has 1 atom stereocenters. The number of alkyl halides is 3. The van der Waals surface area contributed by atoms with E-state index in [1.165, 1.54) is 24.3 Å². The molecule has 2 heterocycles. The minimum atomic E-state index is -4.78. The molecule has 0 spiro atoms. The minimum Gasteiger partial charge on any atom is -0.406 e. The van der Waals surface area contributed by atoms with Gasteiger partial charge in [0.1, 0.15) is 17.3 Å². The minimum absolute atomic E-state index is 0. The zero-order valence-electron chi connectivity index (χ0n) is 20.7. The van der Waals surface area contributed by atoms with E-state index >= 15 is 0 Å². The number of urea groups is 1. The van der Waals surface area contributed by atoms with Gasteiger partial charge in [0.15, 0.2) is 5.82 Å². The molecule has 0 aliphatic carbocycles. The van der Waals surface area contributed by atoms with E-state index in [1.807, 2.05) is 31.2 Å². The molecule has 0 unspecified atom stereocenters. The maximum Gasteiger partial charge on any atom is 0.573 e. The van der Waals surface area contributed by atoms with Crippen LogP contribution in [0, 0.1) is 5.82 Å². The number of piperazine rings is 1. The molecule has 3 aromatic carbocycles. The van der Waals surface area contributed by atoms with Gasteiger partial charge in [-0.1, -0.05) is 24.3 Å². The number of aromatic nitrogens is 2. The Morgan fingerprint density at radius 1 is 0.949 bits per heavy atom. The van der Waals surface area contributed by atoms with E-state index in [1.54, 1.807) is 17.0 Å². The normalized spacial score (nSPS) is 15.6. The van der Waals surface area contributed by atoms with Crippen LogP contribution in [0.25, 0.3) is 22.0 Å². The number of nitrogens with one attached hydrogen (secondary N) is 1. The van der Waals surface area contributed by atoms with Crippen molar-refractivity contribution in [1.29, 1.82) is 0 Å². The Kier molecular flexibility index (Phi) is 8.10. The van der Waals surface area contributed by atoms with Crippen molar-refractivity contribution in [3.63, 3.8) is 0 Å². The number of anilines is 2. The van der Waals surface area contributed by atoms with Crippen LogP contribution in [-0.2, 0) is 0 Å². The summed E-state index contributed by atoms with van der Waals surface area (Å²) in [6.45, 7) is 3.28. The molecule has 0 bridgehead atoms. The summed E-state index contributed by atoms with van der Waals surface area (Å²) in [5.41, 5.74) is 1.77. The third-order valence-corrected chi connectivity index (χ3v) is 6.31. The van der Waals surface area contributed by atoms with E-state index in [0.717, 1.165) is 28.5 Å². The lowest BCUT2D eigenvalue weighted by Crippen LogP contribution is -2.55. The predicted octanol–water partition coefficient (Wildman–Crippen LogP) is 6.50. The number of fused-ring (bicyclic) bond motifs is 1. The molecule has 4 aromatic rings. The first kappa shape index (κ1) is 27.9. The number of carbonyl (C=O) groups is 1. The van der Waals surface area contributed by atoms with Crippen molar-refractivity contribution in [2.45, 2.75) is 19.3 Å². The van der Waals surface area contributed by atoms with Crippen LogP contribution in [0.3, 0.4) is 0 Å². The lowest BCUT2D eigenvalue weighted by Gasteiger charge is -2.40. The van der Waals surface area contributed by atoms with Crippen LogP contribution >= 0.6 is 12.4 Å². The predicted molar refractivity (Wildman–Crippen MR) is 143 cm³/mol. The molecule has 2 amide bonds. The van der Waals surface area contributed by atoms with E-state index in [2.05, 4.69) is 25.2 Å². The summed E-state index contributed by atoms with van der Waals surface area (Å²) >= 11 is 0. The molecule has 1 saturated heterocycles. The van der Waals surface area contributed by atoms with Crippen LogP contribution in [0.15, 0.2) is 72.8 Å². The van der Waals surface area contributed by atoms with Crippen molar-refractivity contribution in [2.24, 2.45) is 0 Å². The smallest absolute Gasteiger partial charge is 0.406 e. The van der Waals surface area contributed by atoms with Crippen molar-refractivity contribution < 1.29 is 27.1 Å². The molecule has 5 rings (SSSR count). The summed E-state index contributed by atoms with van der Waals surface area (Å²) in [5, 5.41) is 13.5. The van der Waals surface area contributed by atoms with Crippen LogP contribution in [0.1, 0.15) is 6.92 Å². The van der Waals surface area contributed by atoms with E-state index in [0.29, 0.717) is 36.8 Å². The summed E-state index contributed by atoms with van der Waals surface area (Å²) in [5.74, 6) is 0.00152. The molecule has 1 aromatic heterocycles. The van der Waals surface area contributed by atoms with E-state index in [4.69, 9.17) is 0 Å². The second-order valence-corrected chi connectivity index (χ2v) is 8.92. The van der Waals surface area contributed by atoms with Crippen LogP contribution in [0.4, 0.5) is 33.9 Å². The Morgan fingerprint density at radius 3 is 2.26 bits per heavy atom. The summed E-state index contributed by atoms with van der Waals surface area (Å²) in [7, 11) is 0. The summed E-state index contributed by atoms with van der Waals surface area (Å²) in [4.78, 5) is 16.6. The third kappa shape index (κ3) is 6.31. The number of nitrogens with zero attached hydrogens (tertiary/aromatic N) is 4. The number of carbonyl (C=O) groups excluding carboxylic acids is 1. The molecule has 0 saturated carbocycles. The van der Waals surface area contributed by atoms with E-state index in [-0.39, 0.29) is 36.0 Å². The van der Waals surface area contributed by atoms with Gasteiger partial charge >= 0.3 is 12.4 Å². The summed E-state index contributed by atoms with van der Waals surface area (Å²) in [6, 6.07) is 18.4. The quantitative estimate of drug-likeness (QED) is 0.288. The van der Waals surface area contributed by atoms with Gasteiger partial charge in [0.05, 0.1) is 0 Å². The van der Waals surface area contributed by atoms with Gasteiger partial charge < -0.3 is 19.9 Å². The van der Waals surface area contributed by atoms with Gasteiger partial charge in [-0.2, -0.15) is 0 Å². The lowest BCUT2D eigenvalue weighted by molar-refractivity contribution is -0.274. The Morgan fingerprint density at radius 2 is 1.62 bits per heavy atom. The van der Waals surface area contributed by atoms with Gasteiger partial charge in [0, 0.05) is 47.7 Å². The van der Waals surface area contributed by atoms with Gasteiger partial charge in [-0.05, 0) is 55.5 Å². The number of ether oxygens (including phenoxy) is 1. The summed E-state index contributed by atoms with van der Waals surface area (Å²) in [6.07, 6.45) is -4.78. The second kappa shape index (κ2) is 11.3. The molecule has 1 aliphatic heterocycles. The van der Waals surface area contributed by atoms with Crippen LogP contribution in [-0.4, -0.2) is 53.2 Å². The molecular weight excluding hydrogens is 538 g/mol. The second-order valence-electron chi connectivity index (χ2n) is 8.92. The van der Waals surface area contributed by atoms with Crippen molar-refractivity contribution >= 4 is 40.7 Å². The summed E-state index contributed by atoms with van der Waals surface area (Å²) < 4.78 is 54.4. The standard InChI is InChI=1S/C27H23F4N5O2.ClH/c1-17-16-35(26(37)32-20-10-12-21(13-11-20)38-27(29,30)31)14-15-36(17)25-23-5-3-2-4-22(23)24(33-34-25)18-6-8-19(28)9-7-18;/h2-13,17H,14-16H2,1H3,(H,32,37);1H/t17-;/m1./s1. The van der Waals surface area contributed by atoms with Gasteiger partial charge in [0.2, 0.25) is 0 Å². The van der Waals surface area contributed by atoms with Gasteiger partial charge in [-0.3, -0.25) is 0 Å². The van der Waals surface area contributed by atoms with Gasteiger partial charge in [-0.25, -0.2) is 9.18 Å². The number of hydrogen-bond donors (Lipinski definition) is 1.